The average Bonchev–Trinajstić information content (AvgIpc) is 2.69. The molecule has 0 aliphatic heterocycles. The first-order chi connectivity index (χ1) is 12.5. The van der Waals surface area contributed by atoms with Gasteiger partial charge in [0.05, 0.1) is 5.92 Å². The minimum absolute atomic E-state index is 0.104. The molecular formula is C22H23NO3. The largest absolute Gasteiger partial charge is 0.507 e. The fraction of sp³-hybridized carbons (Fsp3) is 0.136. The smallest absolute Gasteiger partial charge is 0.310 e. The molecule has 0 radical (unpaired) electrons. The Morgan fingerprint density at radius 3 is 2.00 bits per heavy atom. The third-order valence-electron chi connectivity index (χ3n) is 4.06. The van der Waals surface area contributed by atoms with Gasteiger partial charge in [-0.1, -0.05) is 72.8 Å². The molecule has 0 spiro atoms. The molecule has 0 aliphatic rings. The van der Waals surface area contributed by atoms with Crippen molar-refractivity contribution in [3.8, 4) is 16.9 Å². The molecule has 3 rings (SSSR count). The molecule has 0 aliphatic carbocycles. The van der Waals surface area contributed by atoms with Crippen molar-refractivity contribution < 1.29 is 15.0 Å². The molecule has 4 nitrogen and oxygen atoms in total. The zero-order valence-electron chi connectivity index (χ0n) is 14.7. The second-order valence-corrected chi connectivity index (χ2v) is 5.89. The minimum atomic E-state index is -0.901. The molecule has 0 saturated carbocycles. The summed E-state index contributed by atoms with van der Waals surface area (Å²) in [5.41, 5.74) is 8.75. The summed E-state index contributed by atoms with van der Waals surface area (Å²) in [6, 6.07) is 24.5. The van der Waals surface area contributed by atoms with Gasteiger partial charge in [0.25, 0.3) is 0 Å². The summed E-state index contributed by atoms with van der Waals surface area (Å²) in [5.74, 6) is -1.42. The lowest BCUT2D eigenvalue weighted by molar-refractivity contribution is -0.138. The van der Waals surface area contributed by atoms with Gasteiger partial charge in [-0.25, -0.2) is 0 Å². The lowest BCUT2D eigenvalue weighted by Crippen LogP contribution is -2.07. The quantitative estimate of drug-likeness (QED) is 0.652. The predicted octanol–water partition coefficient (Wildman–Crippen LogP) is 4.39. The van der Waals surface area contributed by atoms with Crippen LogP contribution < -0.4 is 5.73 Å². The Labute approximate surface area is 153 Å². The van der Waals surface area contributed by atoms with Crippen LogP contribution >= 0.6 is 0 Å². The molecule has 0 fully saturated rings. The molecule has 0 heterocycles. The van der Waals surface area contributed by atoms with Crippen LogP contribution in [0.3, 0.4) is 0 Å². The summed E-state index contributed by atoms with van der Waals surface area (Å²) >= 11 is 0. The Bertz CT molecular complexity index is 833. The van der Waals surface area contributed by atoms with Crippen molar-refractivity contribution in [1.29, 1.82) is 0 Å². The van der Waals surface area contributed by atoms with E-state index in [-0.39, 0.29) is 5.75 Å². The fourth-order valence-electron chi connectivity index (χ4n) is 2.44. The zero-order valence-corrected chi connectivity index (χ0v) is 14.7. The van der Waals surface area contributed by atoms with Gasteiger partial charge in [-0.3, -0.25) is 4.79 Å². The molecule has 0 bridgehead atoms. The maximum atomic E-state index is 10.9. The Balaban J connectivity index is 0.000000254. The molecule has 1 atom stereocenters. The van der Waals surface area contributed by atoms with Gasteiger partial charge in [-0.2, -0.15) is 0 Å². The SMILES string of the molecule is CC(C(=O)O)c1ccc(-c2ccccc2)c(O)c1.NCc1ccccc1. The van der Waals surface area contributed by atoms with Crippen LogP contribution in [0.5, 0.6) is 5.75 Å². The van der Waals surface area contributed by atoms with E-state index in [0.29, 0.717) is 17.7 Å². The molecule has 0 aromatic heterocycles. The third-order valence-corrected chi connectivity index (χ3v) is 4.06. The summed E-state index contributed by atoms with van der Waals surface area (Å²) < 4.78 is 0. The van der Waals surface area contributed by atoms with Gasteiger partial charge >= 0.3 is 5.97 Å². The molecule has 26 heavy (non-hydrogen) atoms. The second kappa shape index (κ2) is 9.39. The predicted molar refractivity (Wildman–Crippen MR) is 104 cm³/mol. The Morgan fingerprint density at radius 1 is 0.962 bits per heavy atom. The first-order valence-electron chi connectivity index (χ1n) is 8.38. The lowest BCUT2D eigenvalue weighted by Gasteiger charge is -2.10. The number of phenolic OH excluding ortho intramolecular Hbond substituents is 1. The van der Waals surface area contributed by atoms with Gasteiger partial charge in [0.15, 0.2) is 0 Å². The van der Waals surface area contributed by atoms with Crippen LogP contribution in [-0.4, -0.2) is 16.2 Å². The number of hydrogen-bond donors (Lipinski definition) is 3. The van der Waals surface area contributed by atoms with Gasteiger partial charge < -0.3 is 15.9 Å². The average molecular weight is 349 g/mol. The number of rotatable bonds is 4. The number of carbonyl (C=O) groups is 1. The van der Waals surface area contributed by atoms with E-state index in [0.717, 1.165) is 5.56 Å². The molecule has 134 valence electrons. The number of phenols is 1. The summed E-state index contributed by atoms with van der Waals surface area (Å²) in [6.45, 7) is 2.24. The Morgan fingerprint density at radius 2 is 1.54 bits per heavy atom. The van der Waals surface area contributed by atoms with E-state index in [1.807, 2.05) is 60.7 Å². The summed E-state index contributed by atoms with van der Waals surface area (Å²) in [4.78, 5) is 10.9. The maximum Gasteiger partial charge on any atom is 0.310 e. The van der Waals surface area contributed by atoms with Crippen LogP contribution in [0.4, 0.5) is 0 Å². The van der Waals surface area contributed by atoms with Gasteiger partial charge in [-0.05, 0) is 29.7 Å². The molecule has 3 aromatic carbocycles. The van der Waals surface area contributed by atoms with Gasteiger partial charge in [0, 0.05) is 12.1 Å². The van der Waals surface area contributed by atoms with Crippen molar-refractivity contribution in [2.45, 2.75) is 19.4 Å². The van der Waals surface area contributed by atoms with Gasteiger partial charge in [-0.15, -0.1) is 0 Å². The topological polar surface area (TPSA) is 83.5 Å². The number of carboxylic acid groups (broad SMARTS) is 1. The molecule has 4 heteroatoms. The maximum absolute atomic E-state index is 10.9. The van der Waals surface area contributed by atoms with E-state index in [1.165, 1.54) is 11.6 Å². The van der Waals surface area contributed by atoms with Crippen LogP contribution in [0, 0.1) is 0 Å². The van der Waals surface area contributed by atoms with E-state index in [2.05, 4.69) is 0 Å². The highest BCUT2D eigenvalue weighted by molar-refractivity contribution is 5.77. The van der Waals surface area contributed by atoms with Crippen LogP contribution in [0.25, 0.3) is 11.1 Å². The summed E-state index contributed by atoms with van der Waals surface area (Å²) in [5, 5.41) is 18.9. The molecule has 4 N–H and O–H groups in total. The van der Waals surface area contributed by atoms with Crippen molar-refractivity contribution >= 4 is 5.97 Å². The van der Waals surface area contributed by atoms with E-state index >= 15 is 0 Å². The zero-order chi connectivity index (χ0) is 18.9. The number of nitrogens with two attached hydrogens (primary N) is 1. The highest BCUT2D eigenvalue weighted by Gasteiger charge is 2.15. The highest BCUT2D eigenvalue weighted by atomic mass is 16.4. The Hall–Kier alpha value is -3.11. The minimum Gasteiger partial charge on any atom is -0.507 e. The van der Waals surface area contributed by atoms with Crippen LogP contribution in [0.15, 0.2) is 78.9 Å². The van der Waals surface area contributed by atoms with Crippen molar-refractivity contribution in [2.24, 2.45) is 5.73 Å². The lowest BCUT2D eigenvalue weighted by atomic mass is 9.97. The van der Waals surface area contributed by atoms with Crippen molar-refractivity contribution in [3.63, 3.8) is 0 Å². The Kier molecular flexibility index (Phi) is 6.94. The van der Waals surface area contributed by atoms with Crippen LogP contribution in [0.2, 0.25) is 0 Å². The van der Waals surface area contributed by atoms with E-state index in [4.69, 9.17) is 10.8 Å². The standard InChI is InChI=1S/C15H14O3.C7H9N/c1-10(15(17)18)12-7-8-13(14(16)9-12)11-5-3-2-4-6-11;8-6-7-4-2-1-3-5-7/h2-10,16H,1H3,(H,17,18);1-5H,6,8H2. The van der Waals surface area contributed by atoms with Crippen molar-refractivity contribution in [1.82, 2.24) is 0 Å². The first kappa shape index (κ1) is 19.2. The van der Waals surface area contributed by atoms with Crippen LogP contribution in [-0.2, 0) is 11.3 Å². The molecule has 0 amide bonds. The monoisotopic (exact) mass is 349 g/mol. The second-order valence-electron chi connectivity index (χ2n) is 5.89. The summed E-state index contributed by atoms with van der Waals surface area (Å²) in [6.07, 6.45) is 0. The number of aliphatic carboxylic acids is 1. The molecule has 3 aromatic rings. The van der Waals surface area contributed by atoms with E-state index in [1.54, 1.807) is 19.1 Å². The molecule has 1 unspecified atom stereocenters. The number of aromatic hydroxyl groups is 1. The number of carboxylic acids is 1. The number of benzene rings is 3. The van der Waals surface area contributed by atoms with Gasteiger partial charge in [0.2, 0.25) is 0 Å². The number of hydrogen-bond acceptors (Lipinski definition) is 3. The first-order valence-corrected chi connectivity index (χ1v) is 8.38. The van der Waals surface area contributed by atoms with Crippen molar-refractivity contribution in [2.75, 3.05) is 0 Å². The fourth-order valence-corrected chi connectivity index (χ4v) is 2.44. The van der Waals surface area contributed by atoms with Crippen molar-refractivity contribution in [3.05, 3.63) is 90.0 Å². The third kappa shape index (κ3) is 5.19. The van der Waals surface area contributed by atoms with E-state index < -0.39 is 11.9 Å². The normalized spacial score (nSPS) is 11.2. The van der Waals surface area contributed by atoms with Crippen LogP contribution in [0.1, 0.15) is 24.0 Å². The highest BCUT2D eigenvalue weighted by Crippen LogP contribution is 2.31. The molecule has 0 saturated heterocycles. The van der Waals surface area contributed by atoms with E-state index in [9.17, 15) is 9.90 Å². The summed E-state index contributed by atoms with van der Waals surface area (Å²) in [7, 11) is 0. The molecular weight excluding hydrogens is 326 g/mol. The van der Waals surface area contributed by atoms with Gasteiger partial charge in [0.1, 0.15) is 5.75 Å².